The zero-order valence-corrected chi connectivity index (χ0v) is 9.25. The van der Waals surface area contributed by atoms with Crippen LogP contribution in [0.1, 0.15) is 18.4 Å². The third-order valence-electron chi connectivity index (χ3n) is 1.91. The highest BCUT2D eigenvalue weighted by atomic mass is 79.9. The van der Waals surface area contributed by atoms with Gasteiger partial charge in [0.2, 0.25) is 5.91 Å². The van der Waals surface area contributed by atoms with Crippen LogP contribution >= 0.6 is 15.9 Å². The molecule has 0 saturated carbocycles. The third kappa shape index (κ3) is 3.89. The van der Waals surface area contributed by atoms with E-state index in [1.54, 1.807) is 5.48 Å². The molecule has 0 unspecified atom stereocenters. The summed E-state index contributed by atoms with van der Waals surface area (Å²) in [7, 11) is 0. The fourth-order valence-corrected chi connectivity index (χ4v) is 1.42. The van der Waals surface area contributed by atoms with Gasteiger partial charge in [-0.25, -0.2) is 5.48 Å². The minimum atomic E-state index is -0.331. The van der Waals surface area contributed by atoms with Crippen LogP contribution in [-0.4, -0.2) is 11.1 Å². The van der Waals surface area contributed by atoms with Gasteiger partial charge in [0.1, 0.15) is 0 Å². The lowest BCUT2D eigenvalue weighted by Crippen LogP contribution is -2.18. The van der Waals surface area contributed by atoms with Crippen LogP contribution in [0.5, 0.6) is 0 Å². The van der Waals surface area contributed by atoms with Crippen LogP contribution in [-0.2, 0) is 11.2 Å². The molecule has 1 aromatic rings. The molecule has 1 aromatic carbocycles. The third-order valence-corrected chi connectivity index (χ3v) is 2.44. The van der Waals surface area contributed by atoms with Crippen LogP contribution in [0.2, 0.25) is 0 Å². The zero-order valence-electron chi connectivity index (χ0n) is 7.66. The van der Waals surface area contributed by atoms with Crippen molar-refractivity contribution in [2.75, 3.05) is 0 Å². The van der Waals surface area contributed by atoms with E-state index >= 15 is 0 Å². The van der Waals surface area contributed by atoms with Gasteiger partial charge >= 0.3 is 0 Å². The standard InChI is InChI=1S/C10H12BrNO2/c11-9-6-4-8(5-7-9)2-1-3-10(13)12-14/h4-7,14H,1-3H2,(H,12,13). The first kappa shape index (κ1) is 11.2. The molecule has 0 spiro atoms. The van der Waals surface area contributed by atoms with Crippen LogP contribution in [0.4, 0.5) is 0 Å². The monoisotopic (exact) mass is 257 g/mol. The summed E-state index contributed by atoms with van der Waals surface area (Å²) in [6.45, 7) is 0. The van der Waals surface area contributed by atoms with E-state index in [0.29, 0.717) is 6.42 Å². The van der Waals surface area contributed by atoms with E-state index < -0.39 is 0 Å². The fraction of sp³-hybridized carbons (Fsp3) is 0.300. The predicted molar refractivity (Wildman–Crippen MR) is 57.0 cm³/mol. The molecule has 14 heavy (non-hydrogen) atoms. The lowest BCUT2D eigenvalue weighted by molar-refractivity contribution is -0.129. The first-order valence-electron chi connectivity index (χ1n) is 4.40. The van der Waals surface area contributed by atoms with E-state index in [4.69, 9.17) is 5.21 Å². The van der Waals surface area contributed by atoms with Gasteiger partial charge < -0.3 is 0 Å². The van der Waals surface area contributed by atoms with Crippen LogP contribution in [0, 0.1) is 0 Å². The first-order chi connectivity index (χ1) is 6.72. The fourth-order valence-electron chi connectivity index (χ4n) is 1.16. The molecule has 1 amide bonds. The van der Waals surface area contributed by atoms with Crippen molar-refractivity contribution in [1.29, 1.82) is 0 Å². The van der Waals surface area contributed by atoms with E-state index in [0.717, 1.165) is 17.3 Å². The van der Waals surface area contributed by atoms with Gasteiger partial charge in [0.05, 0.1) is 0 Å². The molecule has 0 fully saturated rings. The summed E-state index contributed by atoms with van der Waals surface area (Å²) in [5.74, 6) is -0.331. The summed E-state index contributed by atoms with van der Waals surface area (Å²) < 4.78 is 1.05. The number of carbonyl (C=O) groups is 1. The predicted octanol–water partition coefficient (Wildman–Crippen LogP) is 2.28. The summed E-state index contributed by atoms with van der Waals surface area (Å²) in [5, 5.41) is 8.26. The van der Waals surface area contributed by atoms with Crippen molar-refractivity contribution in [2.45, 2.75) is 19.3 Å². The number of aryl methyl sites for hydroxylation is 1. The Hall–Kier alpha value is -0.870. The second-order valence-corrected chi connectivity index (χ2v) is 3.93. The minimum absolute atomic E-state index is 0.331. The Bertz CT molecular complexity index is 297. The first-order valence-corrected chi connectivity index (χ1v) is 5.19. The summed E-state index contributed by atoms with van der Waals surface area (Å²) in [5.41, 5.74) is 2.81. The van der Waals surface area contributed by atoms with Gasteiger partial charge in [0, 0.05) is 10.9 Å². The maximum absolute atomic E-state index is 10.7. The molecule has 0 heterocycles. The molecule has 3 nitrogen and oxygen atoms in total. The lowest BCUT2D eigenvalue weighted by Gasteiger charge is -2.00. The van der Waals surface area contributed by atoms with Gasteiger partial charge in [-0.15, -0.1) is 0 Å². The van der Waals surface area contributed by atoms with Gasteiger partial charge in [-0.2, -0.15) is 0 Å². The van der Waals surface area contributed by atoms with Crippen molar-refractivity contribution in [3.63, 3.8) is 0 Å². The van der Waals surface area contributed by atoms with Gasteiger partial charge in [0.15, 0.2) is 0 Å². The number of hydrogen-bond donors (Lipinski definition) is 2. The van der Waals surface area contributed by atoms with Gasteiger partial charge in [0.25, 0.3) is 0 Å². The minimum Gasteiger partial charge on any atom is -0.289 e. The maximum atomic E-state index is 10.7. The van der Waals surface area contributed by atoms with Crippen molar-refractivity contribution >= 4 is 21.8 Å². The molecule has 0 atom stereocenters. The van der Waals surface area contributed by atoms with Crippen molar-refractivity contribution in [3.05, 3.63) is 34.3 Å². The average molecular weight is 258 g/mol. The highest BCUT2D eigenvalue weighted by molar-refractivity contribution is 9.10. The normalized spacial score (nSPS) is 9.86. The van der Waals surface area contributed by atoms with Crippen LogP contribution in [0.3, 0.4) is 0 Å². The number of rotatable bonds is 4. The van der Waals surface area contributed by atoms with Crippen LogP contribution in [0.25, 0.3) is 0 Å². The molecular weight excluding hydrogens is 246 g/mol. The number of halogens is 1. The van der Waals surface area contributed by atoms with Gasteiger partial charge in [-0.05, 0) is 30.5 Å². The number of carbonyl (C=O) groups excluding carboxylic acids is 1. The maximum Gasteiger partial charge on any atom is 0.243 e. The number of benzene rings is 1. The zero-order chi connectivity index (χ0) is 10.4. The lowest BCUT2D eigenvalue weighted by atomic mass is 10.1. The molecule has 1 rings (SSSR count). The average Bonchev–Trinajstić information content (AvgIpc) is 2.21. The Balaban J connectivity index is 2.31. The Labute approximate surface area is 91.2 Å². The second-order valence-electron chi connectivity index (χ2n) is 3.01. The number of hydrogen-bond acceptors (Lipinski definition) is 2. The molecular formula is C10H12BrNO2. The van der Waals surface area contributed by atoms with Gasteiger partial charge in [-0.1, -0.05) is 28.1 Å². The van der Waals surface area contributed by atoms with Crippen molar-refractivity contribution in [2.24, 2.45) is 0 Å². The summed E-state index contributed by atoms with van der Waals surface area (Å²) in [4.78, 5) is 10.7. The number of hydroxylamine groups is 1. The highest BCUT2D eigenvalue weighted by Crippen LogP contribution is 2.12. The molecule has 0 aromatic heterocycles. The Morgan fingerprint density at radius 2 is 2.00 bits per heavy atom. The van der Waals surface area contributed by atoms with E-state index in [2.05, 4.69) is 15.9 Å². The van der Waals surface area contributed by atoms with Crippen molar-refractivity contribution < 1.29 is 10.0 Å². The van der Waals surface area contributed by atoms with Crippen LogP contribution in [0.15, 0.2) is 28.7 Å². The topological polar surface area (TPSA) is 49.3 Å². The molecule has 0 aliphatic rings. The smallest absolute Gasteiger partial charge is 0.243 e. The molecule has 0 aliphatic heterocycles. The molecule has 4 heteroatoms. The molecule has 0 radical (unpaired) electrons. The van der Waals surface area contributed by atoms with Gasteiger partial charge in [-0.3, -0.25) is 10.0 Å². The Morgan fingerprint density at radius 1 is 1.36 bits per heavy atom. The van der Waals surface area contributed by atoms with Crippen LogP contribution < -0.4 is 5.48 Å². The molecule has 0 aliphatic carbocycles. The molecule has 0 saturated heterocycles. The van der Waals surface area contributed by atoms with E-state index in [-0.39, 0.29) is 5.91 Å². The van der Waals surface area contributed by atoms with Crippen molar-refractivity contribution in [3.8, 4) is 0 Å². The molecule has 2 N–H and O–H groups in total. The summed E-state index contributed by atoms with van der Waals surface area (Å²) >= 11 is 3.35. The number of nitrogens with one attached hydrogen (secondary N) is 1. The largest absolute Gasteiger partial charge is 0.289 e. The summed E-state index contributed by atoms with van der Waals surface area (Å²) in [6, 6.07) is 7.98. The quantitative estimate of drug-likeness (QED) is 0.643. The molecule has 76 valence electrons. The number of amides is 1. The van der Waals surface area contributed by atoms with E-state index in [1.807, 2.05) is 24.3 Å². The highest BCUT2D eigenvalue weighted by Gasteiger charge is 1.99. The second kappa shape index (κ2) is 5.78. The SMILES string of the molecule is O=C(CCCc1ccc(Br)cc1)NO. The Kier molecular flexibility index (Phi) is 4.62. The summed E-state index contributed by atoms with van der Waals surface area (Å²) in [6.07, 6.45) is 1.95. The molecule has 0 bridgehead atoms. The van der Waals surface area contributed by atoms with E-state index in [1.165, 1.54) is 5.56 Å². The Morgan fingerprint density at radius 3 is 2.57 bits per heavy atom. The van der Waals surface area contributed by atoms with Crippen molar-refractivity contribution in [1.82, 2.24) is 5.48 Å². The van der Waals surface area contributed by atoms with E-state index in [9.17, 15) is 4.79 Å².